The van der Waals surface area contributed by atoms with Crippen molar-refractivity contribution in [3.05, 3.63) is 59.7 Å². The Bertz CT molecular complexity index is 556. The molecule has 0 saturated carbocycles. The number of epoxide rings is 1. The second-order valence-electron chi connectivity index (χ2n) is 5.32. The van der Waals surface area contributed by atoms with E-state index < -0.39 is 0 Å². The molecule has 2 aromatic rings. The van der Waals surface area contributed by atoms with Crippen LogP contribution < -0.4 is 4.90 Å². The average Bonchev–Trinajstić information content (AvgIpc) is 3.28. The first-order chi connectivity index (χ1) is 9.42. The van der Waals surface area contributed by atoms with Crippen LogP contribution in [0, 0.1) is 0 Å². The topological polar surface area (TPSA) is 15.8 Å². The molecule has 0 bridgehead atoms. The van der Waals surface area contributed by atoms with Crippen molar-refractivity contribution >= 4 is 11.4 Å². The van der Waals surface area contributed by atoms with Gasteiger partial charge in [0.05, 0.1) is 19.3 Å². The Kier molecular flexibility index (Phi) is 2.56. The monoisotopic (exact) mass is 251 g/mol. The maximum atomic E-state index is 5.44. The Morgan fingerprint density at radius 2 is 1.42 bits per heavy atom. The van der Waals surface area contributed by atoms with Crippen LogP contribution >= 0.6 is 0 Å². The number of anilines is 2. The van der Waals surface area contributed by atoms with Crippen LogP contribution in [-0.2, 0) is 17.6 Å². The molecule has 2 aliphatic rings. The van der Waals surface area contributed by atoms with Gasteiger partial charge in [0.15, 0.2) is 0 Å². The van der Waals surface area contributed by atoms with Gasteiger partial charge < -0.3 is 9.64 Å². The summed E-state index contributed by atoms with van der Waals surface area (Å²) in [6.45, 7) is 1.87. The van der Waals surface area contributed by atoms with E-state index in [4.69, 9.17) is 4.74 Å². The van der Waals surface area contributed by atoms with Gasteiger partial charge >= 0.3 is 0 Å². The third-order valence-electron chi connectivity index (χ3n) is 4.02. The van der Waals surface area contributed by atoms with Crippen LogP contribution in [0.15, 0.2) is 48.5 Å². The van der Waals surface area contributed by atoms with Gasteiger partial charge in [-0.15, -0.1) is 0 Å². The lowest BCUT2D eigenvalue weighted by Gasteiger charge is -2.26. The number of hydrogen-bond acceptors (Lipinski definition) is 2. The van der Waals surface area contributed by atoms with E-state index in [1.165, 1.54) is 22.5 Å². The first-order valence-corrected chi connectivity index (χ1v) is 6.97. The smallest absolute Gasteiger partial charge is 0.0988 e. The molecule has 2 aromatic carbocycles. The Labute approximate surface area is 113 Å². The van der Waals surface area contributed by atoms with Crippen molar-refractivity contribution in [1.82, 2.24) is 0 Å². The Hall–Kier alpha value is -1.80. The average molecular weight is 251 g/mol. The Morgan fingerprint density at radius 1 is 0.895 bits per heavy atom. The van der Waals surface area contributed by atoms with Gasteiger partial charge in [-0.2, -0.15) is 0 Å². The number of hydrogen-bond donors (Lipinski definition) is 0. The van der Waals surface area contributed by atoms with Gasteiger partial charge in [-0.25, -0.2) is 0 Å². The molecule has 0 N–H and O–H groups in total. The van der Waals surface area contributed by atoms with Crippen LogP contribution in [-0.4, -0.2) is 19.3 Å². The summed E-state index contributed by atoms with van der Waals surface area (Å²) >= 11 is 0. The molecule has 96 valence electrons. The minimum absolute atomic E-state index is 0.402. The van der Waals surface area contributed by atoms with Crippen LogP contribution in [0.3, 0.4) is 0 Å². The summed E-state index contributed by atoms with van der Waals surface area (Å²) < 4.78 is 5.44. The number of para-hydroxylation sites is 2. The minimum atomic E-state index is 0.402. The fourth-order valence-corrected chi connectivity index (χ4v) is 2.94. The van der Waals surface area contributed by atoms with Crippen molar-refractivity contribution < 1.29 is 4.74 Å². The molecule has 1 saturated heterocycles. The zero-order chi connectivity index (χ0) is 12.7. The summed E-state index contributed by atoms with van der Waals surface area (Å²) in [5.74, 6) is 0. The normalized spacial score (nSPS) is 20.4. The predicted octanol–water partition coefficient (Wildman–Crippen LogP) is 3.32. The molecule has 2 heteroatoms. The fourth-order valence-electron chi connectivity index (χ4n) is 2.94. The van der Waals surface area contributed by atoms with E-state index in [2.05, 4.69) is 53.4 Å². The van der Waals surface area contributed by atoms with E-state index in [1.54, 1.807) is 0 Å². The summed E-state index contributed by atoms with van der Waals surface area (Å²) in [7, 11) is 0. The van der Waals surface area contributed by atoms with E-state index in [0.29, 0.717) is 6.10 Å². The van der Waals surface area contributed by atoms with Crippen molar-refractivity contribution in [2.75, 3.05) is 18.1 Å². The zero-order valence-corrected chi connectivity index (χ0v) is 10.9. The molecule has 0 spiro atoms. The van der Waals surface area contributed by atoms with Crippen molar-refractivity contribution in [2.45, 2.75) is 18.9 Å². The lowest BCUT2D eigenvalue weighted by molar-refractivity contribution is 0.411. The zero-order valence-electron chi connectivity index (χ0n) is 10.9. The molecule has 0 amide bonds. The largest absolute Gasteiger partial charge is 0.371 e. The number of ether oxygens (including phenoxy) is 1. The van der Waals surface area contributed by atoms with Gasteiger partial charge in [0, 0.05) is 11.4 Å². The van der Waals surface area contributed by atoms with Gasteiger partial charge in [-0.3, -0.25) is 0 Å². The molecule has 0 radical (unpaired) electrons. The SMILES string of the molecule is c1ccc2c(c1)CCc1ccccc1N2CC1CO1. The van der Waals surface area contributed by atoms with Gasteiger partial charge in [0.25, 0.3) is 0 Å². The van der Waals surface area contributed by atoms with Crippen molar-refractivity contribution in [3.63, 3.8) is 0 Å². The van der Waals surface area contributed by atoms with Crippen LogP contribution in [0.2, 0.25) is 0 Å². The third kappa shape index (κ3) is 2.02. The fraction of sp³-hybridized carbons (Fsp3) is 0.294. The second-order valence-corrected chi connectivity index (χ2v) is 5.32. The summed E-state index contributed by atoms with van der Waals surface area (Å²) in [6.07, 6.45) is 2.64. The first-order valence-electron chi connectivity index (χ1n) is 6.97. The van der Waals surface area contributed by atoms with Gasteiger partial charge in [-0.05, 0) is 36.1 Å². The molecule has 2 heterocycles. The third-order valence-corrected chi connectivity index (χ3v) is 4.02. The molecule has 1 unspecified atom stereocenters. The number of aryl methyl sites for hydroxylation is 2. The molecule has 2 aliphatic heterocycles. The van der Waals surface area contributed by atoms with Crippen LogP contribution in [0.5, 0.6) is 0 Å². The molecular weight excluding hydrogens is 234 g/mol. The van der Waals surface area contributed by atoms with E-state index in [-0.39, 0.29) is 0 Å². The molecular formula is C17H17NO. The van der Waals surface area contributed by atoms with Crippen LogP contribution in [0.1, 0.15) is 11.1 Å². The highest BCUT2D eigenvalue weighted by Gasteiger charge is 2.29. The predicted molar refractivity (Wildman–Crippen MR) is 77.0 cm³/mol. The molecule has 19 heavy (non-hydrogen) atoms. The first kappa shape index (κ1) is 11.1. The van der Waals surface area contributed by atoms with Crippen molar-refractivity contribution in [1.29, 1.82) is 0 Å². The molecule has 1 fully saturated rings. The van der Waals surface area contributed by atoms with Crippen LogP contribution in [0.25, 0.3) is 0 Å². The highest BCUT2D eigenvalue weighted by Crippen LogP contribution is 2.36. The highest BCUT2D eigenvalue weighted by molar-refractivity contribution is 5.71. The Balaban J connectivity index is 1.84. The number of rotatable bonds is 2. The molecule has 0 aliphatic carbocycles. The van der Waals surface area contributed by atoms with Crippen molar-refractivity contribution in [2.24, 2.45) is 0 Å². The van der Waals surface area contributed by atoms with Gasteiger partial charge in [0.2, 0.25) is 0 Å². The second kappa shape index (κ2) is 4.39. The molecule has 4 rings (SSSR count). The summed E-state index contributed by atoms with van der Waals surface area (Å²) in [5.41, 5.74) is 5.59. The van der Waals surface area contributed by atoms with E-state index in [1.807, 2.05) is 0 Å². The van der Waals surface area contributed by atoms with Crippen LogP contribution in [0.4, 0.5) is 11.4 Å². The van der Waals surface area contributed by atoms with Gasteiger partial charge in [0.1, 0.15) is 0 Å². The lowest BCUT2D eigenvalue weighted by atomic mass is 10.0. The lowest BCUT2D eigenvalue weighted by Crippen LogP contribution is -2.23. The maximum absolute atomic E-state index is 5.44. The van der Waals surface area contributed by atoms with E-state index >= 15 is 0 Å². The summed E-state index contributed by atoms with van der Waals surface area (Å²) in [4.78, 5) is 2.44. The molecule has 2 nitrogen and oxygen atoms in total. The Morgan fingerprint density at radius 3 is 1.95 bits per heavy atom. The number of nitrogens with zero attached hydrogens (tertiary/aromatic N) is 1. The number of fused-ring (bicyclic) bond motifs is 2. The van der Waals surface area contributed by atoms with E-state index in [9.17, 15) is 0 Å². The summed E-state index contributed by atoms with van der Waals surface area (Å²) in [6, 6.07) is 17.5. The van der Waals surface area contributed by atoms with E-state index in [0.717, 1.165) is 26.0 Å². The molecule has 1 atom stereocenters. The molecule has 0 aromatic heterocycles. The minimum Gasteiger partial charge on any atom is -0.371 e. The quantitative estimate of drug-likeness (QED) is 0.761. The van der Waals surface area contributed by atoms with Gasteiger partial charge in [-0.1, -0.05) is 36.4 Å². The van der Waals surface area contributed by atoms with Crippen molar-refractivity contribution in [3.8, 4) is 0 Å². The number of benzene rings is 2. The highest BCUT2D eigenvalue weighted by atomic mass is 16.6. The maximum Gasteiger partial charge on any atom is 0.0988 e. The standard InChI is InChI=1S/C17H17NO/c1-3-7-16-13(5-1)9-10-14-6-2-4-8-17(14)18(16)11-15-12-19-15/h1-8,15H,9-12H2. The summed E-state index contributed by atoms with van der Waals surface area (Å²) in [5, 5.41) is 0.